The Hall–Kier alpha value is -1.84. The predicted octanol–water partition coefficient (Wildman–Crippen LogP) is 3.43. The standard InChI is InChI=1S/C14H19N3O/c1-4-7-15-13-10(3)12(5-2)16-14(17-13)11-6-8-18-9-11/h6,8-9H,4-5,7H2,1-3H3,(H,15,16,17). The van der Waals surface area contributed by atoms with Gasteiger partial charge in [-0.05, 0) is 25.8 Å². The molecule has 0 saturated carbocycles. The number of aryl methyl sites for hydroxylation is 1. The molecule has 0 fully saturated rings. The van der Waals surface area contributed by atoms with Gasteiger partial charge in [-0.25, -0.2) is 9.97 Å². The van der Waals surface area contributed by atoms with Crippen molar-refractivity contribution in [2.45, 2.75) is 33.6 Å². The summed E-state index contributed by atoms with van der Waals surface area (Å²) in [5, 5.41) is 3.36. The van der Waals surface area contributed by atoms with Crippen LogP contribution in [0.3, 0.4) is 0 Å². The fourth-order valence-electron chi connectivity index (χ4n) is 1.84. The van der Waals surface area contributed by atoms with E-state index in [0.717, 1.165) is 47.8 Å². The minimum atomic E-state index is 0.727. The van der Waals surface area contributed by atoms with Crippen molar-refractivity contribution in [3.05, 3.63) is 29.9 Å². The summed E-state index contributed by atoms with van der Waals surface area (Å²) in [7, 11) is 0. The SMILES string of the molecule is CCCNc1nc(-c2ccoc2)nc(CC)c1C. The molecule has 4 nitrogen and oxygen atoms in total. The van der Waals surface area contributed by atoms with Crippen LogP contribution in [0.1, 0.15) is 31.5 Å². The second-order valence-electron chi connectivity index (χ2n) is 4.26. The highest BCUT2D eigenvalue weighted by Gasteiger charge is 2.11. The zero-order valence-corrected chi connectivity index (χ0v) is 11.2. The van der Waals surface area contributed by atoms with Crippen LogP contribution in [0.2, 0.25) is 0 Å². The molecule has 0 spiro atoms. The molecule has 0 bridgehead atoms. The lowest BCUT2D eigenvalue weighted by molar-refractivity contribution is 0.568. The van der Waals surface area contributed by atoms with Crippen LogP contribution in [0.4, 0.5) is 5.82 Å². The zero-order valence-electron chi connectivity index (χ0n) is 11.2. The lowest BCUT2D eigenvalue weighted by atomic mass is 10.1. The Balaban J connectivity index is 2.42. The molecule has 2 aromatic rings. The normalized spacial score (nSPS) is 10.6. The van der Waals surface area contributed by atoms with E-state index in [0.29, 0.717) is 0 Å². The van der Waals surface area contributed by atoms with Crippen molar-refractivity contribution in [3.63, 3.8) is 0 Å². The summed E-state index contributed by atoms with van der Waals surface area (Å²) in [4.78, 5) is 9.17. The first-order valence-corrected chi connectivity index (χ1v) is 6.40. The highest BCUT2D eigenvalue weighted by molar-refractivity contribution is 5.58. The molecule has 96 valence electrons. The monoisotopic (exact) mass is 245 g/mol. The molecule has 0 aliphatic rings. The van der Waals surface area contributed by atoms with Crippen LogP contribution in [0.15, 0.2) is 23.0 Å². The van der Waals surface area contributed by atoms with Crippen LogP contribution in [0, 0.1) is 6.92 Å². The van der Waals surface area contributed by atoms with Gasteiger partial charge in [0.05, 0.1) is 11.8 Å². The Kier molecular flexibility index (Phi) is 3.97. The van der Waals surface area contributed by atoms with E-state index in [1.54, 1.807) is 12.5 Å². The van der Waals surface area contributed by atoms with Crippen molar-refractivity contribution in [3.8, 4) is 11.4 Å². The maximum absolute atomic E-state index is 5.09. The van der Waals surface area contributed by atoms with Crippen molar-refractivity contribution in [2.75, 3.05) is 11.9 Å². The Morgan fingerprint density at radius 3 is 2.72 bits per heavy atom. The topological polar surface area (TPSA) is 51.0 Å². The van der Waals surface area contributed by atoms with E-state index in [1.807, 2.05) is 6.07 Å². The number of hydrogen-bond donors (Lipinski definition) is 1. The molecule has 1 N–H and O–H groups in total. The van der Waals surface area contributed by atoms with Gasteiger partial charge in [-0.1, -0.05) is 13.8 Å². The molecular weight excluding hydrogens is 226 g/mol. The molecule has 0 aromatic carbocycles. The molecular formula is C14H19N3O. The summed E-state index contributed by atoms with van der Waals surface area (Å²) in [5.74, 6) is 1.66. The molecule has 18 heavy (non-hydrogen) atoms. The molecule has 0 aliphatic heterocycles. The van der Waals surface area contributed by atoms with Crippen LogP contribution >= 0.6 is 0 Å². The first-order valence-electron chi connectivity index (χ1n) is 6.40. The minimum absolute atomic E-state index is 0.727. The Morgan fingerprint density at radius 1 is 1.28 bits per heavy atom. The highest BCUT2D eigenvalue weighted by atomic mass is 16.3. The molecule has 2 aromatic heterocycles. The van der Waals surface area contributed by atoms with E-state index in [4.69, 9.17) is 4.42 Å². The summed E-state index contributed by atoms with van der Waals surface area (Å²) in [6.07, 6.45) is 5.29. The quantitative estimate of drug-likeness (QED) is 0.876. The van der Waals surface area contributed by atoms with Crippen LogP contribution in [-0.4, -0.2) is 16.5 Å². The number of nitrogens with one attached hydrogen (secondary N) is 1. The number of hydrogen-bond acceptors (Lipinski definition) is 4. The van der Waals surface area contributed by atoms with Gasteiger partial charge < -0.3 is 9.73 Å². The van der Waals surface area contributed by atoms with E-state index in [9.17, 15) is 0 Å². The average Bonchev–Trinajstić information content (AvgIpc) is 2.91. The number of aromatic nitrogens is 2. The van der Waals surface area contributed by atoms with Gasteiger partial charge >= 0.3 is 0 Å². The molecule has 0 atom stereocenters. The molecule has 0 amide bonds. The van der Waals surface area contributed by atoms with Gasteiger partial charge in [0.1, 0.15) is 12.1 Å². The number of furan rings is 1. The van der Waals surface area contributed by atoms with Crippen molar-refractivity contribution < 1.29 is 4.42 Å². The third-order valence-corrected chi connectivity index (χ3v) is 2.90. The summed E-state index contributed by atoms with van der Waals surface area (Å²) < 4.78 is 5.09. The lowest BCUT2D eigenvalue weighted by Crippen LogP contribution is -2.08. The van der Waals surface area contributed by atoms with E-state index in [2.05, 4.69) is 36.1 Å². The van der Waals surface area contributed by atoms with E-state index >= 15 is 0 Å². The predicted molar refractivity (Wildman–Crippen MR) is 72.6 cm³/mol. The summed E-state index contributed by atoms with van der Waals surface area (Å²) >= 11 is 0. The van der Waals surface area contributed by atoms with Crippen LogP contribution in [0.5, 0.6) is 0 Å². The van der Waals surface area contributed by atoms with E-state index in [1.165, 1.54) is 0 Å². The number of anilines is 1. The average molecular weight is 245 g/mol. The van der Waals surface area contributed by atoms with Crippen molar-refractivity contribution >= 4 is 5.82 Å². The molecule has 0 aliphatic carbocycles. The largest absolute Gasteiger partial charge is 0.472 e. The maximum atomic E-state index is 5.09. The van der Waals surface area contributed by atoms with Crippen LogP contribution in [0.25, 0.3) is 11.4 Å². The fraction of sp³-hybridized carbons (Fsp3) is 0.429. The van der Waals surface area contributed by atoms with Crippen molar-refractivity contribution in [1.29, 1.82) is 0 Å². The van der Waals surface area contributed by atoms with Gasteiger partial charge in [0.25, 0.3) is 0 Å². The number of rotatable bonds is 5. The third kappa shape index (κ3) is 2.53. The Labute approximate surface area is 107 Å². The Bertz CT molecular complexity index is 506. The molecule has 0 radical (unpaired) electrons. The molecule has 0 unspecified atom stereocenters. The van der Waals surface area contributed by atoms with Crippen LogP contribution in [-0.2, 0) is 6.42 Å². The van der Waals surface area contributed by atoms with E-state index in [-0.39, 0.29) is 0 Å². The first kappa shape index (κ1) is 12.6. The van der Waals surface area contributed by atoms with Crippen molar-refractivity contribution in [2.24, 2.45) is 0 Å². The van der Waals surface area contributed by atoms with Gasteiger partial charge in [-0.3, -0.25) is 0 Å². The van der Waals surface area contributed by atoms with Crippen molar-refractivity contribution in [1.82, 2.24) is 9.97 Å². The molecule has 2 heterocycles. The maximum Gasteiger partial charge on any atom is 0.165 e. The third-order valence-electron chi connectivity index (χ3n) is 2.90. The summed E-state index contributed by atoms with van der Waals surface area (Å²) in [6, 6.07) is 1.88. The first-order chi connectivity index (χ1) is 8.76. The summed E-state index contributed by atoms with van der Waals surface area (Å²) in [5.41, 5.74) is 3.14. The minimum Gasteiger partial charge on any atom is -0.472 e. The van der Waals surface area contributed by atoms with Crippen LogP contribution < -0.4 is 5.32 Å². The lowest BCUT2D eigenvalue weighted by Gasteiger charge is -2.12. The van der Waals surface area contributed by atoms with Gasteiger partial charge in [0.15, 0.2) is 5.82 Å². The zero-order chi connectivity index (χ0) is 13.0. The Morgan fingerprint density at radius 2 is 2.11 bits per heavy atom. The van der Waals surface area contributed by atoms with Gasteiger partial charge in [0.2, 0.25) is 0 Å². The van der Waals surface area contributed by atoms with E-state index < -0.39 is 0 Å². The molecule has 4 heteroatoms. The molecule has 2 rings (SSSR count). The second kappa shape index (κ2) is 5.67. The fourth-order valence-corrected chi connectivity index (χ4v) is 1.84. The summed E-state index contributed by atoms with van der Waals surface area (Å²) in [6.45, 7) is 7.24. The molecule has 0 saturated heterocycles. The smallest absolute Gasteiger partial charge is 0.165 e. The van der Waals surface area contributed by atoms with Gasteiger partial charge in [-0.2, -0.15) is 0 Å². The van der Waals surface area contributed by atoms with Gasteiger partial charge in [0, 0.05) is 17.8 Å². The van der Waals surface area contributed by atoms with Gasteiger partial charge in [-0.15, -0.1) is 0 Å². The second-order valence-corrected chi connectivity index (χ2v) is 4.26. The number of nitrogens with zero attached hydrogens (tertiary/aromatic N) is 2. The highest BCUT2D eigenvalue weighted by Crippen LogP contribution is 2.22.